The third kappa shape index (κ3) is 3.19. The second-order valence-corrected chi connectivity index (χ2v) is 10.9. The van der Waals surface area contributed by atoms with Gasteiger partial charge in [-0.05, 0) is 47.5 Å². The van der Waals surface area contributed by atoms with Crippen molar-refractivity contribution in [3.63, 3.8) is 0 Å². The number of nitrogens with zero attached hydrogens (tertiary/aromatic N) is 2. The molecule has 0 aliphatic heterocycles. The third-order valence-electron chi connectivity index (χ3n) is 8.70. The van der Waals surface area contributed by atoms with Crippen LogP contribution in [0.3, 0.4) is 0 Å². The van der Waals surface area contributed by atoms with Crippen LogP contribution in [0.1, 0.15) is 6.42 Å². The lowest BCUT2D eigenvalue weighted by atomic mass is 10.1. The van der Waals surface area contributed by atoms with Crippen LogP contribution < -0.4 is 10.6 Å². The molecule has 0 radical (unpaired) electrons. The number of allylic oxidation sites excluding steroid dienone is 2. The SMILES string of the molecule is C1=CCC=c2c(c3cc4c(cc3n2-c2cccc3ccccc23)c2ccccc2n4-c2cccc3ccccc23)=C1. The zero-order valence-electron chi connectivity index (χ0n) is 22.5. The summed E-state index contributed by atoms with van der Waals surface area (Å²) >= 11 is 0. The first-order chi connectivity index (χ1) is 20.4. The van der Waals surface area contributed by atoms with Gasteiger partial charge in [-0.25, -0.2) is 0 Å². The van der Waals surface area contributed by atoms with Crippen LogP contribution in [0.15, 0.2) is 133 Å². The minimum atomic E-state index is 0.912. The summed E-state index contributed by atoms with van der Waals surface area (Å²) in [7, 11) is 0. The van der Waals surface area contributed by atoms with Gasteiger partial charge in [0, 0.05) is 32.1 Å². The third-order valence-corrected chi connectivity index (χ3v) is 8.70. The van der Waals surface area contributed by atoms with Gasteiger partial charge in [-0.2, -0.15) is 0 Å². The van der Waals surface area contributed by atoms with E-state index in [0.29, 0.717) is 0 Å². The van der Waals surface area contributed by atoms with Crippen LogP contribution in [0, 0.1) is 0 Å². The summed E-state index contributed by atoms with van der Waals surface area (Å²) in [5.41, 5.74) is 6.13. The summed E-state index contributed by atoms with van der Waals surface area (Å²) in [6.45, 7) is 0. The Kier molecular flexibility index (Phi) is 4.70. The molecule has 0 unspecified atom stereocenters. The molecule has 1 aliphatic carbocycles. The fourth-order valence-corrected chi connectivity index (χ4v) is 6.92. The Balaban J connectivity index is 1.49. The number of para-hydroxylation sites is 1. The van der Waals surface area contributed by atoms with Gasteiger partial charge in [0.05, 0.1) is 33.3 Å². The fraction of sp³-hybridized carbons (Fsp3) is 0.0256. The van der Waals surface area contributed by atoms with Crippen molar-refractivity contribution in [2.24, 2.45) is 0 Å². The first-order valence-electron chi connectivity index (χ1n) is 14.3. The van der Waals surface area contributed by atoms with E-state index < -0.39 is 0 Å². The number of hydrogen-bond acceptors (Lipinski definition) is 0. The molecule has 9 rings (SSSR count). The van der Waals surface area contributed by atoms with Gasteiger partial charge < -0.3 is 9.13 Å². The quantitative estimate of drug-likeness (QED) is 0.215. The summed E-state index contributed by atoms with van der Waals surface area (Å²) in [5, 5.41) is 11.4. The van der Waals surface area contributed by atoms with Crippen LogP contribution in [0.4, 0.5) is 0 Å². The molecule has 2 heterocycles. The van der Waals surface area contributed by atoms with Gasteiger partial charge in [-0.15, -0.1) is 0 Å². The number of benzene rings is 6. The van der Waals surface area contributed by atoms with Gasteiger partial charge in [0.1, 0.15) is 0 Å². The molecule has 1 aliphatic rings. The van der Waals surface area contributed by atoms with Crippen molar-refractivity contribution in [3.8, 4) is 11.4 Å². The molecular formula is C39H26N2. The Morgan fingerprint density at radius 3 is 1.80 bits per heavy atom. The fourth-order valence-electron chi connectivity index (χ4n) is 6.92. The van der Waals surface area contributed by atoms with Gasteiger partial charge in [0.25, 0.3) is 0 Å². The lowest BCUT2D eigenvalue weighted by Gasteiger charge is -2.12. The Hall–Kier alpha value is -5.34. The number of fused-ring (bicyclic) bond motifs is 8. The van der Waals surface area contributed by atoms with Crippen molar-refractivity contribution in [2.45, 2.75) is 6.42 Å². The van der Waals surface area contributed by atoms with Crippen molar-refractivity contribution in [3.05, 3.63) is 144 Å². The van der Waals surface area contributed by atoms with E-state index in [-0.39, 0.29) is 0 Å². The first-order valence-corrected chi connectivity index (χ1v) is 14.3. The Morgan fingerprint density at radius 2 is 1.05 bits per heavy atom. The number of aromatic nitrogens is 2. The lowest BCUT2D eigenvalue weighted by Crippen LogP contribution is -2.28. The largest absolute Gasteiger partial charge is 0.309 e. The summed E-state index contributed by atoms with van der Waals surface area (Å²) in [4.78, 5) is 0. The normalized spacial score (nSPS) is 13.1. The first kappa shape index (κ1) is 22.5. The van der Waals surface area contributed by atoms with E-state index in [0.717, 1.165) is 6.42 Å². The van der Waals surface area contributed by atoms with E-state index in [9.17, 15) is 0 Å². The van der Waals surface area contributed by atoms with E-state index in [1.165, 1.54) is 76.2 Å². The Morgan fingerprint density at radius 1 is 0.463 bits per heavy atom. The average Bonchev–Trinajstić information content (AvgIpc) is 3.37. The second kappa shape index (κ2) is 8.58. The summed E-state index contributed by atoms with van der Waals surface area (Å²) in [5.74, 6) is 0. The molecule has 0 atom stereocenters. The van der Waals surface area contributed by atoms with E-state index >= 15 is 0 Å². The zero-order chi connectivity index (χ0) is 26.9. The van der Waals surface area contributed by atoms with Crippen LogP contribution in [-0.4, -0.2) is 9.13 Å². The van der Waals surface area contributed by atoms with Gasteiger partial charge in [-0.3, -0.25) is 0 Å². The highest BCUT2D eigenvalue weighted by Gasteiger charge is 2.19. The number of rotatable bonds is 2. The lowest BCUT2D eigenvalue weighted by molar-refractivity contribution is 1.08. The highest BCUT2D eigenvalue weighted by molar-refractivity contribution is 6.14. The maximum atomic E-state index is 2.49. The molecule has 0 saturated heterocycles. The van der Waals surface area contributed by atoms with Crippen LogP contribution in [0.25, 0.3) is 77.8 Å². The van der Waals surface area contributed by atoms with E-state index in [1.807, 2.05) is 0 Å². The van der Waals surface area contributed by atoms with Crippen molar-refractivity contribution in [1.82, 2.24) is 9.13 Å². The van der Waals surface area contributed by atoms with E-state index in [2.05, 4.69) is 155 Å². The molecule has 192 valence electrons. The highest BCUT2D eigenvalue weighted by atomic mass is 15.0. The van der Waals surface area contributed by atoms with Crippen LogP contribution in [0.5, 0.6) is 0 Å². The standard InChI is InChI=1S/C39H26N2/c1-2-18-30-32-24-39-33(25-38(32)40(36(30)20-3-1)34-22-10-14-26-12-4-6-16-28(26)34)31-19-8-9-21-37(31)41(39)35-23-11-15-27-13-5-7-17-29(27)35/h1-2,4-25H,3H2. The summed E-state index contributed by atoms with van der Waals surface area (Å²) in [6, 6.07) is 44.4. The van der Waals surface area contributed by atoms with Gasteiger partial charge in [0.2, 0.25) is 0 Å². The molecule has 2 heteroatoms. The molecule has 2 nitrogen and oxygen atoms in total. The molecule has 0 amide bonds. The van der Waals surface area contributed by atoms with E-state index in [4.69, 9.17) is 0 Å². The molecule has 0 bridgehead atoms. The minimum Gasteiger partial charge on any atom is -0.309 e. The molecule has 0 saturated carbocycles. The van der Waals surface area contributed by atoms with Gasteiger partial charge in [0.15, 0.2) is 0 Å². The number of hydrogen-bond donors (Lipinski definition) is 0. The van der Waals surface area contributed by atoms with Crippen LogP contribution in [-0.2, 0) is 0 Å². The molecule has 6 aromatic carbocycles. The molecule has 0 spiro atoms. The smallest absolute Gasteiger partial charge is 0.0549 e. The summed E-state index contributed by atoms with van der Waals surface area (Å²) < 4.78 is 4.95. The maximum absolute atomic E-state index is 2.49. The van der Waals surface area contributed by atoms with Crippen LogP contribution >= 0.6 is 0 Å². The van der Waals surface area contributed by atoms with Crippen molar-refractivity contribution >= 4 is 66.4 Å². The Bertz CT molecular complexity index is 2490. The predicted octanol–water partition coefficient (Wildman–Crippen LogP) is 8.55. The van der Waals surface area contributed by atoms with Gasteiger partial charge >= 0.3 is 0 Å². The topological polar surface area (TPSA) is 9.86 Å². The van der Waals surface area contributed by atoms with Crippen LogP contribution in [0.2, 0.25) is 0 Å². The monoisotopic (exact) mass is 522 g/mol. The summed E-state index contributed by atoms with van der Waals surface area (Å²) in [6.07, 6.45) is 10.0. The molecule has 8 aromatic rings. The van der Waals surface area contributed by atoms with Crippen molar-refractivity contribution in [2.75, 3.05) is 0 Å². The highest BCUT2D eigenvalue weighted by Crippen LogP contribution is 2.37. The molecule has 0 N–H and O–H groups in total. The van der Waals surface area contributed by atoms with Crippen molar-refractivity contribution < 1.29 is 0 Å². The zero-order valence-corrected chi connectivity index (χ0v) is 22.5. The maximum Gasteiger partial charge on any atom is 0.0549 e. The second-order valence-electron chi connectivity index (χ2n) is 10.9. The minimum absolute atomic E-state index is 0.912. The molecule has 0 fully saturated rings. The van der Waals surface area contributed by atoms with Crippen molar-refractivity contribution in [1.29, 1.82) is 0 Å². The molecule has 2 aromatic heterocycles. The van der Waals surface area contributed by atoms with E-state index in [1.54, 1.807) is 0 Å². The Labute approximate surface area is 237 Å². The average molecular weight is 523 g/mol. The molecular weight excluding hydrogens is 496 g/mol. The predicted molar refractivity (Wildman–Crippen MR) is 175 cm³/mol. The molecule has 41 heavy (non-hydrogen) atoms. The van der Waals surface area contributed by atoms with Gasteiger partial charge in [-0.1, -0.05) is 115 Å².